The fourth-order valence-corrected chi connectivity index (χ4v) is 2.31. The zero-order chi connectivity index (χ0) is 15.1. The van der Waals surface area contributed by atoms with Crippen molar-refractivity contribution in [1.82, 2.24) is 19.5 Å². The SMILES string of the molecule is Nc1ncnc2c1ncn2[C@@H]1O[C@H](C[N+](=O)[O-])[C@@H](O)[C@H]1O. The monoisotopic (exact) mass is 296 g/mol. The molecule has 3 heterocycles. The number of nitrogens with zero attached hydrogens (tertiary/aromatic N) is 5. The summed E-state index contributed by atoms with van der Waals surface area (Å²) < 4.78 is 6.73. The Morgan fingerprint density at radius 3 is 2.86 bits per heavy atom. The van der Waals surface area contributed by atoms with Crippen LogP contribution in [0.1, 0.15) is 6.23 Å². The van der Waals surface area contributed by atoms with Crippen molar-refractivity contribution >= 4 is 17.0 Å². The van der Waals surface area contributed by atoms with Crippen LogP contribution in [-0.4, -0.2) is 59.5 Å². The quantitative estimate of drug-likeness (QED) is 0.442. The zero-order valence-corrected chi connectivity index (χ0v) is 10.6. The summed E-state index contributed by atoms with van der Waals surface area (Å²) in [5, 5.41) is 30.4. The standard InChI is InChI=1S/C10H12N6O5/c11-8-5-9(13-2-12-8)15(3-14-5)10-7(18)6(17)4(21-10)1-16(19)20/h2-4,6-7,10,17-18H,1H2,(H2,11,12,13)/t4-,6-,7-,10-/m1/s1. The summed E-state index contributed by atoms with van der Waals surface area (Å²) in [5.41, 5.74) is 6.28. The highest BCUT2D eigenvalue weighted by Gasteiger charge is 2.46. The molecule has 1 aliphatic rings. The summed E-state index contributed by atoms with van der Waals surface area (Å²) >= 11 is 0. The van der Waals surface area contributed by atoms with Crippen LogP contribution in [0.25, 0.3) is 11.2 Å². The van der Waals surface area contributed by atoms with E-state index in [0.29, 0.717) is 11.2 Å². The second kappa shape index (κ2) is 4.87. The lowest BCUT2D eigenvalue weighted by atomic mass is 10.1. The van der Waals surface area contributed by atoms with E-state index in [9.17, 15) is 20.3 Å². The van der Waals surface area contributed by atoms with E-state index in [0.717, 1.165) is 0 Å². The van der Waals surface area contributed by atoms with E-state index in [4.69, 9.17) is 10.5 Å². The predicted octanol–water partition coefficient (Wildman–Crippen LogP) is -1.70. The maximum Gasteiger partial charge on any atom is 0.232 e. The topological polar surface area (TPSA) is 162 Å². The lowest BCUT2D eigenvalue weighted by molar-refractivity contribution is -0.493. The Bertz CT molecular complexity index is 690. The molecule has 2 aromatic heterocycles. The molecule has 112 valence electrons. The van der Waals surface area contributed by atoms with Crippen molar-refractivity contribution < 1.29 is 19.9 Å². The van der Waals surface area contributed by atoms with Gasteiger partial charge in [0.1, 0.15) is 24.1 Å². The van der Waals surface area contributed by atoms with Crippen LogP contribution in [0.3, 0.4) is 0 Å². The van der Waals surface area contributed by atoms with E-state index in [1.165, 1.54) is 17.2 Å². The Kier molecular flexibility index (Phi) is 3.16. The van der Waals surface area contributed by atoms with Crippen molar-refractivity contribution in [2.75, 3.05) is 12.3 Å². The third-order valence-corrected chi connectivity index (χ3v) is 3.33. The molecule has 0 aromatic carbocycles. The molecule has 0 aliphatic carbocycles. The van der Waals surface area contributed by atoms with Crippen molar-refractivity contribution in [3.63, 3.8) is 0 Å². The van der Waals surface area contributed by atoms with Crippen LogP contribution in [-0.2, 0) is 4.74 Å². The van der Waals surface area contributed by atoms with Crippen LogP contribution in [0, 0.1) is 10.1 Å². The van der Waals surface area contributed by atoms with E-state index in [-0.39, 0.29) is 5.82 Å². The second-order valence-corrected chi connectivity index (χ2v) is 4.64. The zero-order valence-electron chi connectivity index (χ0n) is 10.6. The Morgan fingerprint density at radius 1 is 1.38 bits per heavy atom. The number of nitro groups is 1. The average molecular weight is 296 g/mol. The first-order valence-corrected chi connectivity index (χ1v) is 6.05. The van der Waals surface area contributed by atoms with E-state index in [2.05, 4.69) is 15.0 Å². The molecule has 4 atom stereocenters. The maximum atomic E-state index is 10.5. The Hall–Kier alpha value is -2.37. The van der Waals surface area contributed by atoms with Gasteiger partial charge in [-0.2, -0.15) is 0 Å². The summed E-state index contributed by atoms with van der Waals surface area (Å²) in [5.74, 6) is 0.161. The summed E-state index contributed by atoms with van der Waals surface area (Å²) in [6, 6.07) is 0. The number of aromatic nitrogens is 4. The molecule has 3 rings (SSSR count). The number of aliphatic hydroxyl groups is 2. The largest absolute Gasteiger partial charge is 0.387 e. The molecule has 1 fully saturated rings. The van der Waals surface area contributed by atoms with Gasteiger partial charge in [-0.3, -0.25) is 14.7 Å². The number of fused-ring (bicyclic) bond motifs is 1. The number of hydrogen-bond donors (Lipinski definition) is 3. The highest BCUT2D eigenvalue weighted by atomic mass is 16.6. The number of nitrogen functional groups attached to an aromatic ring is 1. The lowest BCUT2D eigenvalue weighted by Crippen LogP contribution is -2.35. The molecule has 0 unspecified atom stereocenters. The first kappa shape index (κ1) is 13.6. The van der Waals surface area contributed by atoms with Crippen molar-refractivity contribution in [2.24, 2.45) is 0 Å². The summed E-state index contributed by atoms with van der Waals surface area (Å²) in [4.78, 5) is 21.7. The molecule has 1 aliphatic heterocycles. The van der Waals surface area contributed by atoms with Gasteiger partial charge in [0.2, 0.25) is 6.54 Å². The smallest absolute Gasteiger partial charge is 0.232 e. The molecule has 0 bridgehead atoms. The molecule has 0 spiro atoms. The normalized spacial score (nSPS) is 29.0. The molecular formula is C10H12N6O5. The molecule has 2 aromatic rings. The van der Waals surface area contributed by atoms with Crippen molar-refractivity contribution in [1.29, 1.82) is 0 Å². The average Bonchev–Trinajstić information content (AvgIpc) is 2.96. The summed E-state index contributed by atoms with van der Waals surface area (Å²) in [6.07, 6.45) is -2.33. The van der Waals surface area contributed by atoms with Gasteiger partial charge in [0.25, 0.3) is 0 Å². The van der Waals surface area contributed by atoms with E-state index >= 15 is 0 Å². The van der Waals surface area contributed by atoms with Crippen molar-refractivity contribution in [3.8, 4) is 0 Å². The molecule has 11 nitrogen and oxygen atoms in total. The van der Waals surface area contributed by atoms with Crippen LogP contribution in [0.5, 0.6) is 0 Å². The van der Waals surface area contributed by atoms with Crippen LogP contribution in [0.15, 0.2) is 12.7 Å². The first-order chi connectivity index (χ1) is 9.99. The van der Waals surface area contributed by atoms with Gasteiger partial charge < -0.3 is 20.7 Å². The van der Waals surface area contributed by atoms with E-state index in [1.807, 2.05) is 0 Å². The minimum atomic E-state index is -1.38. The fraction of sp³-hybridized carbons (Fsp3) is 0.500. The van der Waals surface area contributed by atoms with Crippen molar-refractivity contribution in [2.45, 2.75) is 24.5 Å². The number of nitrogens with two attached hydrogens (primary N) is 1. The number of rotatable bonds is 3. The van der Waals surface area contributed by atoms with Crippen LogP contribution in [0.2, 0.25) is 0 Å². The predicted molar refractivity (Wildman–Crippen MR) is 67.5 cm³/mol. The van der Waals surface area contributed by atoms with Crippen molar-refractivity contribution in [3.05, 3.63) is 22.8 Å². The van der Waals surface area contributed by atoms with E-state index in [1.54, 1.807) is 0 Å². The molecular weight excluding hydrogens is 284 g/mol. The van der Waals surface area contributed by atoms with E-state index < -0.39 is 36.0 Å². The maximum absolute atomic E-state index is 10.5. The molecule has 0 amide bonds. The highest BCUT2D eigenvalue weighted by Crippen LogP contribution is 2.31. The number of hydrogen-bond acceptors (Lipinski definition) is 9. The van der Waals surface area contributed by atoms with Gasteiger partial charge in [0.05, 0.1) is 6.33 Å². The number of anilines is 1. The van der Waals surface area contributed by atoms with Gasteiger partial charge in [0.15, 0.2) is 23.8 Å². The molecule has 0 saturated carbocycles. The molecule has 21 heavy (non-hydrogen) atoms. The Morgan fingerprint density at radius 2 is 2.14 bits per heavy atom. The summed E-state index contributed by atoms with van der Waals surface area (Å²) in [7, 11) is 0. The highest BCUT2D eigenvalue weighted by molar-refractivity contribution is 5.81. The molecule has 0 radical (unpaired) electrons. The lowest BCUT2D eigenvalue weighted by Gasteiger charge is -2.16. The Balaban J connectivity index is 1.96. The van der Waals surface area contributed by atoms with Gasteiger partial charge in [-0.05, 0) is 0 Å². The third kappa shape index (κ3) is 2.16. The molecule has 11 heteroatoms. The Labute approximate surface area is 117 Å². The fourth-order valence-electron chi connectivity index (χ4n) is 2.31. The minimum absolute atomic E-state index is 0.161. The van der Waals surface area contributed by atoms with Gasteiger partial charge in [-0.1, -0.05) is 0 Å². The number of aliphatic hydroxyl groups excluding tert-OH is 2. The van der Waals surface area contributed by atoms with Gasteiger partial charge >= 0.3 is 0 Å². The second-order valence-electron chi connectivity index (χ2n) is 4.64. The van der Waals surface area contributed by atoms with Crippen LogP contribution in [0.4, 0.5) is 5.82 Å². The minimum Gasteiger partial charge on any atom is -0.387 e. The van der Waals surface area contributed by atoms with Gasteiger partial charge in [-0.25, -0.2) is 15.0 Å². The number of ether oxygens (including phenoxy) is 1. The number of imidazole rings is 1. The first-order valence-electron chi connectivity index (χ1n) is 6.05. The van der Waals surface area contributed by atoms with Gasteiger partial charge in [-0.15, -0.1) is 0 Å². The molecule has 1 saturated heterocycles. The van der Waals surface area contributed by atoms with Crippen LogP contribution < -0.4 is 5.73 Å². The van der Waals surface area contributed by atoms with Gasteiger partial charge in [0, 0.05) is 4.92 Å². The molecule has 4 N–H and O–H groups in total. The third-order valence-electron chi connectivity index (χ3n) is 3.33. The summed E-state index contributed by atoms with van der Waals surface area (Å²) in [6.45, 7) is -0.613. The van der Waals surface area contributed by atoms with Crippen LogP contribution >= 0.6 is 0 Å².